The minimum absolute atomic E-state index is 0.00755. The molecule has 1 saturated carbocycles. The Labute approximate surface area is 313 Å². The summed E-state index contributed by atoms with van der Waals surface area (Å²) in [5.74, 6) is 0.493. The van der Waals surface area contributed by atoms with Gasteiger partial charge in [0.1, 0.15) is 23.9 Å². The Balaban J connectivity index is 1.19. The number of nitrogens with zero attached hydrogens (tertiary/aromatic N) is 2. The standard InChI is InChI=1S/C41H48BrFN4O5/c1-26-8-16-33(21-27(26)2)51-20-18-47(32-14-15-32)41(50)40-34(23-31-24-46(25-36(40)45-31)39(49)7-3-6-38(44)48)29-11-9-28(10-12-29)5-4-19-52-37-22-30(43)13-17-35(37)42/h8-13,16-17,21-22,31-32,36,45H,3-7,14-15,18-20,23-25H2,1-2H3,(H2,44,48). The minimum atomic E-state index is -0.413. The SMILES string of the molecule is Cc1ccc(OCCN(C(=O)C2=C(c3ccc(CCCOc4cc(F)ccc4Br)cc3)CC3CN(C(=O)CCCC(N)=O)CC2N3)C2CC2)cc1C. The Bertz CT molecular complexity index is 1810. The molecule has 0 spiro atoms. The van der Waals surface area contributed by atoms with Gasteiger partial charge in [-0.05, 0) is 120 Å². The van der Waals surface area contributed by atoms with Crippen molar-refractivity contribution in [2.24, 2.45) is 5.73 Å². The average Bonchev–Trinajstić information content (AvgIpc) is 3.96. The largest absolute Gasteiger partial charge is 0.492 e. The maximum Gasteiger partial charge on any atom is 0.252 e. The van der Waals surface area contributed by atoms with Crippen molar-refractivity contribution in [1.82, 2.24) is 15.1 Å². The lowest BCUT2D eigenvalue weighted by Crippen LogP contribution is -2.62. The predicted octanol–water partition coefficient (Wildman–Crippen LogP) is 6.27. The van der Waals surface area contributed by atoms with Gasteiger partial charge in [-0.3, -0.25) is 14.4 Å². The first kappa shape index (κ1) is 37.5. The zero-order valence-electron chi connectivity index (χ0n) is 30.0. The lowest BCUT2D eigenvalue weighted by molar-refractivity contribution is -0.134. The molecule has 2 bridgehead atoms. The van der Waals surface area contributed by atoms with E-state index in [4.69, 9.17) is 15.2 Å². The Morgan fingerprint density at radius 3 is 2.46 bits per heavy atom. The third kappa shape index (κ3) is 9.60. The van der Waals surface area contributed by atoms with E-state index in [9.17, 15) is 18.8 Å². The van der Waals surface area contributed by atoms with Crippen LogP contribution in [0.3, 0.4) is 0 Å². The van der Waals surface area contributed by atoms with Crippen LogP contribution in [0.1, 0.15) is 67.2 Å². The second-order valence-corrected chi connectivity index (χ2v) is 15.0. The molecule has 52 heavy (non-hydrogen) atoms. The van der Waals surface area contributed by atoms with Gasteiger partial charge in [-0.15, -0.1) is 0 Å². The summed E-state index contributed by atoms with van der Waals surface area (Å²) in [7, 11) is 0. The highest BCUT2D eigenvalue weighted by atomic mass is 79.9. The first-order valence-corrected chi connectivity index (χ1v) is 19.1. The number of aryl methyl sites for hydroxylation is 3. The maximum absolute atomic E-state index is 14.7. The molecule has 3 aromatic carbocycles. The molecule has 2 heterocycles. The fourth-order valence-electron chi connectivity index (χ4n) is 7.12. The van der Waals surface area contributed by atoms with Crippen LogP contribution in [-0.2, 0) is 20.8 Å². The molecule has 0 aromatic heterocycles. The Morgan fingerprint density at radius 2 is 1.73 bits per heavy atom. The molecule has 3 aliphatic rings. The smallest absolute Gasteiger partial charge is 0.252 e. The third-order valence-corrected chi connectivity index (χ3v) is 10.8. The zero-order valence-corrected chi connectivity index (χ0v) is 31.6. The van der Waals surface area contributed by atoms with Crippen LogP contribution < -0.4 is 20.5 Å². The second kappa shape index (κ2) is 17.1. The summed E-state index contributed by atoms with van der Waals surface area (Å²) in [6.45, 7) is 6.34. The van der Waals surface area contributed by atoms with E-state index in [1.165, 1.54) is 17.7 Å². The molecule has 2 fully saturated rings. The van der Waals surface area contributed by atoms with Crippen LogP contribution in [0.15, 0.2) is 70.7 Å². The molecule has 2 aliphatic heterocycles. The maximum atomic E-state index is 14.7. The third-order valence-electron chi connectivity index (χ3n) is 10.2. The Hall–Kier alpha value is -4.22. The Kier molecular flexibility index (Phi) is 12.3. The van der Waals surface area contributed by atoms with E-state index in [2.05, 4.69) is 59.4 Å². The number of halogens is 2. The molecule has 11 heteroatoms. The lowest BCUT2D eigenvalue weighted by Gasteiger charge is -2.45. The minimum Gasteiger partial charge on any atom is -0.492 e. The number of piperazine rings is 1. The van der Waals surface area contributed by atoms with Gasteiger partial charge >= 0.3 is 0 Å². The monoisotopic (exact) mass is 774 g/mol. The summed E-state index contributed by atoms with van der Waals surface area (Å²) in [4.78, 5) is 43.1. The predicted molar refractivity (Wildman–Crippen MR) is 202 cm³/mol. The van der Waals surface area contributed by atoms with Crippen LogP contribution in [0.25, 0.3) is 5.57 Å². The van der Waals surface area contributed by atoms with Gasteiger partial charge in [0.25, 0.3) is 5.91 Å². The average molecular weight is 776 g/mol. The van der Waals surface area contributed by atoms with Crippen LogP contribution in [-0.4, -0.2) is 78.5 Å². The number of fused-ring (bicyclic) bond motifs is 2. The van der Waals surface area contributed by atoms with Crippen LogP contribution in [0.2, 0.25) is 0 Å². The van der Waals surface area contributed by atoms with Crippen molar-refractivity contribution in [3.05, 3.63) is 98.8 Å². The molecule has 276 valence electrons. The van der Waals surface area contributed by atoms with Gasteiger partial charge in [0.15, 0.2) is 0 Å². The number of benzene rings is 3. The van der Waals surface area contributed by atoms with Gasteiger partial charge in [-0.1, -0.05) is 30.3 Å². The van der Waals surface area contributed by atoms with Gasteiger partial charge in [0.05, 0.1) is 23.7 Å². The Morgan fingerprint density at radius 1 is 0.942 bits per heavy atom. The van der Waals surface area contributed by atoms with E-state index in [1.807, 2.05) is 28.0 Å². The molecular weight excluding hydrogens is 727 g/mol. The van der Waals surface area contributed by atoms with E-state index in [1.54, 1.807) is 6.07 Å². The van der Waals surface area contributed by atoms with Gasteiger partial charge in [0, 0.05) is 49.7 Å². The van der Waals surface area contributed by atoms with Crippen LogP contribution >= 0.6 is 15.9 Å². The van der Waals surface area contributed by atoms with E-state index < -0.39 is 5.91 Å². The molecule has 9 nitrogen and oxygen atoms in total. The molecule has 1 saturated heterocycles. The second-order valence-electron chi connectivity index (χ2n) is 14.2. The molecule has 2 unspecified atom stereocenters. The molecule has 3 aromatic rings. The van der Waals surface area contributed by atoms with Gasteiger partial charge in [0.2, 0.25) is 11.8 Å². The number of ether oxygens (including phenoxy) is 2. The quantitative estimate of drug-likeness (QED) is 0.166. The number of carbonyl (C=O) groups excluding carboxylic acids is 3. The topological polar surface area (TPSA) is 114 Å². The number of hydrogen-bond acceptors (Lipinski definition) is 6. The number of nitrogens with two attached hydrogens (primary N) is 1. The lowest BCUT2D eigenvalue weighted by atomic mass is 9.82. The number of carbonyl (C=O) groups is 3. The normalized spacial score (nSPS) is 18.3. The summed E-state index contributed by atoms with van der Waals surface area (Å²) in [5.41, 5.74) is 11.6. The highest BCUT2D eigenvalue weighted by Gasteiger charge is 2.43. The van der Waals surface area contributed by atoms with Crippen molar-refractivity contribution >= 4 is 39.2 Å². The van der Waals surface area contributed by atoms with Crippen LogP contribution in [0.4, 0.5) is 4.39 Å². The number of rotatable bonds is 16. The first-order valence-electron chi connectivity index (χ1n) is 18.3. The highest BCUT2D eigenvalue weighted by Crippen LogP contribution is 2.37. The molecule has 3 amide bonds. The van der Waals surface area contributed by atoms with Crippen molar-refractivity contribution in [2.45, 2.75) is 83.3 Å². The summed E-state index contributed by atoms with van der Waals surface area (Å²) in [6, 6.07) is 18.7. The summed E-state index contributed by atoms with van der Waals surface area (Å²) < 4.78 is 26.3. The molecule has 1 aliphatic carbocycles. The highest BCUT2D eigenvalue weighted by molar-refractivity contribution is 9.10. The van der Waals surface area contributed by atoms with E-state index in [-0.39, 0.29) is 48.6 Å². The molecule has 6 rings (SSSR count). The summed E-state index contributed by atoms with van der Waals surface area (Å²) >= 11 is 3.41. The number of primary amides is 1. The summed E-state index contributed by atoms with van der Waals surface area (Å²) in [6.07, 6.45) is 4.90. The van der Waals surface area contributed by atoms with Crippen molar-refractivity contribution in [1.29, 1.82) is 0 Å². The van der Waals surface area contributed by atoms with Crippen LogP contribution in [0, 0.1) is 19.7 Å². The molecule has 3 N–H and O–H groups in total. The van der Waals surface area contributed by atoms with Crippen molar-refractivity contribution in [3.8, 4) is 11.5 Å². The van der Waals surface area contributed by atoms with Gasteiger partial charge in [-0.2, -0.15) is 0 Å². The van der Waals surface area contributed by atoms with Crippen molar-refractivity contribution < 1.29 is 28.2 Å². The van der Waals surface area contributed by atoms with Gasteiger partial charge < -0.3 is 30.3 Å². The fraction of sp³-hybridized carbons (Fsp3) is 0.439. The van der Waals surface area contributed by atoms with Crippen molar-refractivity contribution in [2.75, 3.05) is 32.8 Å². The first-order chi connectivity index (χ1) is 25.0. The molecular formula is C41H48BrFN4O5. The number of hydrogen-bond donors (Lipinski definition) is 2. The summed E-state index contributed by atoms with van der Waals surface area (Å²) in [5, 5.41) is 3.67. The van der Waals surface area contributed by atoms with Gasteiger partial charge in [-0.25, -0.2) is 4.39 Å². The number of nitrogens with one attached hydrogen (secondary N) is 1. The van der Waals surface area contributed by atoms with E-state index in [0.29, 0.717) is 61.5 Å². The van der Waals surface area contributed by atoms with E-state index in [0.717, 1.165) is 53.7 Å². The number of amides is 3. The fourth-order valence-corrected chi connectivity index (χ4v) is 7.48. The van der Waals surface area contributed by atoms with E-state index >= 15 is 0 Å². The molecule has 2 atom stereocenters. The van der Waals surface area contributed by atoms with Crippen LogP contribution in [0.5, 0.6) is 11.5 Å². The molecule has 0 radical (unpaired) electrons. The van der Waals surface area contributed by atoms with Crippen molar-refractivity contribution in [3.63, 3.8) is 0 Å². The zero-order chi connectivity index (χ0) is 36.8.